The second-order valence-electron chi connectivity index (χ2n) is 6.28. The Morgan fingerprint density at radius 2 is 1.92 bits per heavy atom. The quantitative estimate of drug-likeness (QED) is 0.851. The van der Waals surface area contributed by atoms with E-state index in [2.05, 4.69) is 5.32 Å². The fraction of sp³-hybridized carbons (Fsp3) is 0.300. The number of nitrogens with one attached hydrogen (secondary N) is 1. The largest absolute Gasteiger partial charge is 0.355 e. The molecular weight excluding hydrogens is 319 g/mol. The number of halogens is 1. The van der Waals surface area contributed by atoms with Crippen LogP contribution in [0.3, 0.4) is 0 Å². The van der Waals surface area contributed by atoms with Crippen LogP contribution in [0.15, 0.2) is 48.5 Å². The van der Waals surface area contributed by atoms with Crippen LogP contribution in [-0.2, 0) is 16.0 Å². The van der Waals surface area contributed by atoms with Crippen molar-refractivity contribution in [2.24, 2.45) is 5.92 Å². The topological polar surface area (TPSA) is 49.4 Å². The van der Waals surface area contributed by atoms with Crippen LogP contribution in [0.1, 0.15) is 17.5 Å². The first-order valence-electron chi connectivity index (χ1n) is 8.45. The molecule has 0 aromatic heterocycles. The van der Waals surface area contributed by atoms with Crippen molar-refractivity contribution in [1.82, 2.24) is 5.32 Å². The molecule has 1 heterocycles. The van der Waals surface area contributed by atoms with Gasteiger partial charge >= 0.3 is 0 Å². The Morgan fingerprint density at radius 1 is 1.20 bits per heavy atom. The van der Waals surface area contributed by atoms with Crippen molar-refractivity contribution < 1.29 is 14.0 Å². The van der Waals surface area contributed by atoms with Crippen molar-refractivity contribution >= 4 is 17.5 Å². The van der Waals surface area contributed by atoms with Crippen molar-refractivity contribution in [3.05, 3.63) is 65.5 Å². The molecule has 0 saturated carbocycles. The number of hydrogen-bond donors (Lipinski definition) is 1. The highest BCUT2D eigenvalue weighted by atomic mass is 19.1. The van der Waals surface area contributed by atoms with Crippen LogP contribution >= 0.6 is 0 Å². The van der Waals surface area contributed by atoms with E-state index in [4.69, 9.17) is 0 Å². The van der Waals surface area contributed by atoms with Gasteiger partial charge in [-0.1, -0.05) is 24.3 Å². The third-order valence-corrected chi connectivity index (χ3v) is 4.62. The molecule has 25 heavy (non-hydrogen) atoms. The zero-order chi connectivity index (χ0) is 17.8. The molecule has 4 nitrogen and oxygen atoms in total. The van der Waals surface area contributed by atoms with Crippen LogP contribution in [0.4, 0.5) is 10.1 Å². The Hall–Kier alpha value is -2.69. The van der Waals surface area contributed by atoms with E-state index in [1.165, 1.54) is 23.3 Å². The summed E-state index contributed by atoms with van der Waals surface area (Å²) in [6.07, 6.45) is 1.22. The monoisotopic (exact) mass is 340 g/mol. The second kappa shape index (κ2) is 7.47. The number of amides is 2. The molecule has 1 fully saturated rings. The Kier molecular flexibility index (Phi) is 5.12. The molecule has 0 radical (unpaired) electrons. The van der Waals surface area contributed by atoms with Gasteiger partial charge < -0.3 is 10.2 Å². The van der Waals surface area contributed by atoms with Gasteiger partial charge in [-0.05, 0) is 55.2 Å². The van der Waals surface area contributed by atoms with Gasteiger partial charge in [-0.25, -0.2) is 4.39 Å². The zero-order valence-corrected chi connectivity index (χ0v) is 14.2. The lowest BCUT2D eigenvalue weighted by Crippen LogP contribution is -2.37. The van der Waals surface area contributed by atoms with E-state index in [9.17, 15) is 14.0 Å². The summed E-state index contributed by atoms with van der Waals surface area (Å²) < 4.78 is 13.0. The van der Waals surface area contributed by atoms with Gasteiger partial charge in [-0.15, -0.1) is 0 Å². The van der Waals surface area contributed by atoms with E-state index in [0.717, 1.165) is 6.42 Å². The third-order valence-electron chi connectivity index (χ3n) is 4.62. The molecule has 0 aliphatic carbocycles. The van der Waals surface area contributed by atoms with Gasteiger partial charge in [0.25, 0.3) is 0 Å². The summed E-state index contributed by atoms with van der Waals surface area (Å²) in [6.45, 7) is 3.02. The van der Waals surface area contributed by atoms with Crippen LogP contribution in [0.5, 0.6) is 0 Å². The van der Waals surface area contributed by atoms with E-state index in [1.54, 1.807) is 17.0 Å². The van der Waals surface area contributed by atoms with Crippen molar-refractivity contribution in [2.75, 3.05) is 18.0 Å². The minimum atomic E-state index is -0.665. The molecule has 0 spiro atoms. The van der Waals surface area contributed by atoms with Gasteiger partial charge in [0.2, 0.25) is 11.8 Å². The molecule has 1 saturated heterocycles. The Morgan fingerprint density at radius 3 is 2.64 bits per heavy atom. The number of aryl methyl sites for hydroxylation is 1. The normalized spacial score (nSPS) is 17.0. The number of carbonyl (C=O) groups is 2. The molecular formula is C20H21FN2O2. The SMILES string of the molecule is Cc1ccccc1CCNC(=O)[C@H]1CCN(c2ccc(F)cc2)C1=O. The molecule has 0 bridgehead atoms. The van der Waals surface area contributed by atoms with Crippen LogP contribution in [0.25, 0.3) is 0 Å². The van der Waals surface area contributed by atoms with E-state index >= 15 is 0 Å². The lowest BCUT2D eigenvalue weighted by molar-refractivity contribution is -0.132. The van der Waals surface area contributed by atoms with E-state index in [0.29, 0.717) is 25.2 Å². The second-order valence-corrected chi connectivity index (χ2v) is 6.28. The third kappa shape index (κ3) is 3.87. The van der Waals surface area contributed by atoms with Crippen molar-refractivity contribution in [1.29, 1.82) is 0 Å². The maximum absolute atomic E-state index is 13.0. The zero-order valence-electron chi connectivity index (χ0n) is 14.2. The highest BCUT2D eigenvalue weighted by molar-refractivity contribution is 6.09. The summed E-state index contributed by atoms with van der Waals surface area (Å²) in [5.74, 6) is -1.47. The van der Waals surface area contributed by atoms with Gasteiger partial charge in [0.05, 0.1) is 0 Å². The van der Waals surface area contributed by atoms with E-state index in [1.807, 2.05) is 31.2 Å². The number of carbonyl (C=O) groups excluding carboxylic acids is 2. The number of hydrogen-bond acceptors (Lipinski definition) is 2. The molecule has 1 N–H and O–H groups in total. The standard InChI is InChI=1S/C20H21FN2O2/c1-14-4-2-3-5-15(14)10-12-22-19(24)18-11-13-23(20(18)25)17-8-6-16(21)7-9-17/h2-9,18H,10-13H2,1H3,(H,22,24)/t18-/m1/s1. The van der Waals surface area contributed by atoms with Gasteiger partial charge in [0.1, 0.15) is 11.7 Å². The maximum Gasteiger partial charge on any atom is 0.239 e. The molecule has 0 unspecified atom stereocenters. The van der Waals surface area contributed by atoms with E-state index in [-0.39, 0.29) is 17.6 Å². The molecule has 1 atom stereocenters. The maximum atomic E-state index is 13.0. The van der Waals surface area contributed by atoms with Crippen LogP contribution in [0.2, 0.25) is 0 Å². The average Bonchev–Trinajstić information content (AvgIpc) is 2.99. The van der Waals surface area contributed by atoms with Crippen LogP contribution in [0, 0.1) is 18.7 Å². The molecule has 1 aliphatic heterocycles. The predicted molar refractivity (Wildman–Crippen MR) is 94.8 cm³/mol. The molecule has 2 aromatic carbocycles. The minimum Gasteiger partial charge on any atom is -0.355 e. The first-order chi connectivity index (χ1) is 12.1. The van der Waals surface area contributed by atoms with Crippen LogP contribution in [-0.4, -0.2) is 24.9 Å². The highest BCUT2D eigenvalue weighted by Crippen LogP contribution is 2.25. The lowest BCUT2D eigenvalue weighted by atomic mass is 10.1. The summed E-state index contributed by atoms with van der Waals surface area (Å²) in [5.41, 5.74) is 3.01. The summed E-state index contributed by atoms with van der Waals surface area (Å²) in [7, 11) is 0. The van der Waals surface area contributed by atoms with Gasteiger partial charge in [-0.2, -0.15) is 0 Å². The molecule has 2 aromatic rings. The summed E-state index contributed by atoms with van der Waals surface area (Å²) in [5, 5.41) is 2.87. The summed E-state index contributed by atoms with van der Waals surface area (Å²) in [6, 6.07) is 13.8. The number of benzene rings is 2. The van der Waals surface area contributed by atoms with Crippen molar-refractivity contribution in [3.8, 4) is 0 Å². The number of nitrogens with zero attached hydrogens (tertiary/aromatic N) is 1. The van der Waals surface area contributed by atoms with E-state index < -0.39 is 5.92 Å². The minimum absolute atomic E-state index is 0.222. The number of anilines is 1. The molecule has 3 rings (SSSR count). The summed E-state index contributed by atoms with van der Waals surface area (Å²) >= 11 is 0. The lowest BCUT2D eigenvalue weighted by Gasteiger charge is -2.16. The Bertz CT molecular complexity index is 774. The highest BCUT2D eigenvalue weighted by Gasteiger charge is 2.37. The summed E-state index contributed by atoms with van der Waals surface area (Å²) in [4.78, 5) is 26.4. The smallest absolute Gasteiger partial charge is 0.239 e. The first kappa shape index (κ1) is 17.1. The van der Waals surface area contributed by atoms with Crippen molar-refractivity contribution in [3.63, 3.8) is 0 Å². The fourth-order valence-electron chi connectivity index (χ4n) is 3.13. The van der Waals surface area contributed by atoms with Gasteiger partial charge in [0.15, 0.2) is 0 Å². The Balaban J connectivity index is 1.55. The van der Waals surface area contributed by atoms with Crippen molar-refractivity contribution in [2.45, 2.75) is 19.8 Å². The number of rotatable bonds is 5. The first-order valence-corrected chi connectivity index (χ1v) is 8.45. The molecule has 5 heteroatoms. The van der Waals surface area contributed by atoms with Crippen LogP contribution < -0.4 is 10.2 Å². The van der Waals surface area contributed by atoms with Gasteiger partial charge in [0, 0.05) is 18.8 Å². The average molecular weight is 340 g/mol. The molecule has 130 valence electrons. The molecule has 1 aliphatic rings. The predicted octanol–water partition coefficient (Wildman–Crippen LogP) is 2.85. The molecule has 2 amide bonds. The Labute approximate surface area is 146 Å². The fourth-order valence-corrected chi connectivity index (χ4v) is 3.13. The van der Waals surface area contributed by atoms with Gasteiger partial charge in [-0.3, -0.25) is 9.59 Å².